The third-order valence-electron chi connectivity index (χ3n) is 2.66. The van der Waals surface area contributed by atoms with Crippen molar-refractivity contribution >= 4 is 23.4 Å². The molecule has 0 saturated heterocycles. The molecule has 0 radical (unpaired) electrons. The Morgan fingerprint density at radius 3 is 2.58 bits per heavy atom. The monoisotopic (exact) mass is 278 g/mol. The van der Waals surface area contributed by atoms with E-state index in [0.29, 0.717) is 16.7 Å². The first kappa shape index (κ1) is 13.4. The number of rotatable bonds is 4. The number of benzene rings is 1. The van der Waals surface area contributed by atoms with E-state index in [-0.39, 0.29) is 12.0 Å². The van der Waals surface area contributed by atoms with Gasteiger partial charge in [0.25, 0.3) is 0 Å². The summed E-state index contributed by atoms with van der Waals surface area (Å²) in [5.41, 5.74) is 6.71. The molecule has 1 aromatic carbocycles. The van der Waals surface area contributed by atoms with Crippen LogP contribution in [0.5, 0.6) is 5.88 Å². The van der Waals surface area contributed by atoms with E-state index in [9.17, 15) is 0 Å². The summed E-state index contributed by atoms with van der Waals surface area (Å²) >= 11 is 5.86. The fraction of sp³-hybridized carbons (Fsp3) is 0.231. The van der Waals surface area contributed by atoms with E-state index in [1.54, 1.807) is 6.07 Å². The van der Waals surface area contributed by atoms with Crippen LogP contribution in [0.2, 0.25) is 5.02 Å². The van der Waals surface area contributed by atoms with Crippen LogP contribution >= 0.6 is 11.6 Å². The summed E-state index contributed by atoms with van der Waals surface area (Å²) in [6.45, 7) is 2.02. The van der Waals surface area contributed by atoms with Gasteiger partial charge in [0.2, 0.25) is 11.8 Å². The predicted octanol–water partition coefficient (Wildman–Crippen LogP) is 2.89. The molecule has 2 aromatic rings. The zero-order valence-electron chi connectivity index (χ0n) is 10.7. The van der Waals surface area contributed by atoms with Gasteiger partial charge in [-0.3, -0.25) is 0 Å². The summed E-state index contributed by atoms with van der Waals surface area (Å²) < 4.78 is 5.05. The lowest BCUT2D eigenvalue weighted by atomic mass is 10.1. The van der Waals surface area contributed by atoms with Gasteiger partial charge in [0.05, 0.1) is 7.11 Å². The van der Waals surface area contributed by atoms with Gasteiger partial charge in [-0.1, -0.05) is 23.7 Å². The maximum Gasteiger partial charge on any atom is 0.225 e. The Balaban J connectivity index is 2.16. The van der Waals surface area contributed by atoms with E-state index in [1.807, 2.05) is 31.2 Å². The minimum Gasteiger partial charge on any atom is -0.481 e. The Morgan fingerprint density at radius 1 is 1.26 bits per heavy atom. The highest BCUT2D eigenvalue weighted by Crippen LogP contribution is 2.22. The van der Waals surface area contributed by atoms with Crippen molar-refractivity contribution in [3.63, 3.8) is 0 Å². The normalized spacial score (nSPS) is 11.9. The smallest absolute Gasteiger partial charge is 0.225 e. The van der Waals surface area contributed by atoms with Gasteiger partial charge in [-0.15, -0.1) is 0 Å². The Labute approximate surface area is 116 Å². The number of halogens is 1. The SMILES string of the molecule is COc1cc(NC(C)c2ccc(Cl)cc2)nc(N)n1. The van der Waals surface area contributed by atoms with Crippen molar-refractivity contribution in [2.45, 2.75) is 13.0 Å². The molecular formula is C13H15ClN4O. The molecule has 19 heavy (non-hydrogen) atoms. The molecule has 0 aliphatic heterocycles. The molecule has 0 amide bonds. The number of aromatic nitrogens is 2. The van der Waals surface area contributed by atoms with Gasteiger partial charge in [-0.2, -0.15) is 9.97 Å². The number of methoxy groups -OCH3 is 1. The topological polar surface area (TPSA) is 73.1 Å². The van der Waals surface area contributed by atoms with Crippen LogP contribution in [0.4, 0.5) is 11.8 Å². The summed E-state index contributed by atoms with van der Waals surface area (Å²) in [6.07, 6.45) is 0. The summed E-state index contributed by atoms with van der Waals surface area (Å²) in [4.78, 5) is 8.05. The van der Waals surface area contributed by atoms with Crippen LogP contribution in [0.1, 0.15) is 18.5 Å². The number of ether oxygens (including phenoxy) is 1. The summed E-state index contributed by atoms with van der Waals surface area (Å²) in [5, 5.41) is 3.95. The molecule has 6 heteroatoms. The van der Waals surface area contributed by atoms with Crippen molar-refractivity contribution < 1.29 is 4.74 Å². The second-order valence-corrected chi connectivity index (χ2v) is 4.51. The number of anilines is 2. The summed E-state index contributed by atoms with van der Waals surface area (Å²) in [6, 6.07) is 9.39. The highest BCUT2D eigenvalue weighted by molar-refractivity contribution is 6.30. The fourth-order valence-corrected chi connectivity index (χ4v) is 1.80. The number of nitrogens with zero attached hydrogens (tertiary/aromatic N) is 2. The molecule has 0 saturated carbocycles. The number of nitrogens with two attached hydrogens (primary N) is 1. The highest BCUT2D eigenvalue weighted by atomic mass is 35.5. The van der Waals surface area contributed by atoms with Gasteiger partial charge in [0.15, 0.2) is 0 Å². The van der Waals surface area contributed by atoms with E-state index in [0.717, 1.165) is 5.56 Å². The molecule has 0 bridgehead atoms. The fourth-order valence-electron chi connectivity index (χ4n) is 1.68. The Hall–Kier alpha value is -2.01. The number of hydrogen-bond acceptors (Lipinski definition) is 5. The van der Waals surface area contributed by atoms with Crippen LogP contribution < -0.4 is 15.8 Å². The van der Waals surface area contributed by atoms with Crippen molar-refractivity contribution in [2.75, 3.05) is 18.2 Å². The molecule has 1 unspecified atom stereocenters. The molecule has 0 aliphatic rings. The number of nitrogens with one attached hydrogen (secondary N) is 1. The standard InChI is InChI=1S/C13H15ClN4O/c1-8(9-3-5-10(14)6-4-9)16-11-7-12(19-2)18-13(15)17-11/h3-8H,1-2H3,(H3,15,16,17,18). The quantitative estimate of drug-likeness (QED) is 0.900. The van der Waals surface area contributed by atoms with E-state index in [1.165, 1.54) is 7.11 Å². The van der Waals surface area contributed by atoms with E-state index < -0.39 is 0 Å². The molecule has 2 rings (SSSR count). The molecule has 1 atom stereocenters. The van der Waals surface area contributed by atoms with Crippen LogP contribution in [0, 0.1) is 0 Å². The summed E-state index contributed by atoms with van der Waals surface area (Å²) in [7, 11) is 1.54. The zero-order valence-corrected chi connectivity index (χ0v) is 11.5. The molecule has 5 nitrogen and oxygen atoms in total. The van der Waals surface area contributed by atoms with Crippen LogP contribution in [-0.4, -0.2) is 17.1 Å². The van der Waals surface area contributed by atoms with Gasteiger partial charge >= 0.3 is 0 Å². The van der Waals surface area contributed by atoms with Crippen molar-refractivity contribution in [1.29, 1.82) is 0 Å². The predicted molar refractivity (Wildman–Crippen MR) is 76.5 cm³/mol. The maximum absolute atomic E-state index is 5.86. The molecular weight excluding hydrogens is 264 g/mol. The first-order valence-corrected chi connectivity index (χ1v) is 6.17. The minimum atomic E-state index is 0.0660. The maximum atomic E-state index is 5.86. The van der Waals surface area contributed by atoms with E-state index in [2.05, 4.69) is 15.3 Å². The molecule has 1 aromatic heterocycles. The second-order valence-electron chi connectivity index (χ2n) is 4.07. The third kappa shape index (κ3) is 3.48. The minimum absolute atomic E-state index is 0.0660. The Morgan fingerprint density at radius 2 is 1.95 bits per heavy atom. The Bertz CT molecular complexity index is 559. The van der Waals surface area contributed by atoms with Gasteiger partial charge in [0.1, 0.15) is 5.82 Å². The third-order valence-corrected chi connectivity index (χ3v) is 2.92. The first-order valence-electron chi connectivity index (χ1n) is 5.79. The number of hydrogen-bond donors (Lipinski definition) is 2. The lowest BCUT2D eigenvalue weighted by Gasteiger charge is -2.15. The molecule has 0 spiro atoms. The van der Waals surface area contributed by atoms with Crippen LogP contribution in [-0.2, 0) is 0 Å². The van der Waals surface area contributed by atoms with Crippen LogP contribution in [0.25, 0.3) is 0 Å². The largest absolute Gasteiger partial charge is 0.481 e. The van der Waals surface area contributed by atoms with Gasteiger partial charge in [-0.25, -0.2) is 0 Å². The molecule has 3 N–H and O–H groups in total. The van der Waals surface area contributed by atoms with Crippen LogP contribution in [0.3, 0.4) is 0 Å². The van der Waals surface area contributed by atoms with E-state index >= 15 is 0 Å². The second kappa shape index (κ2) is 5.75. The van der Waals surface area contributed by atoms with Gasteiger partial charge < -0.3 is 15.8 Å². The van der Waals surface area contributed by atoms with Gasteiger partial charge in [0, 0.05) is 17.1 Å². The average Bonchev–Trinajstić information content (AvgIpc) is 2.38. The van der Waals surface area contributed by atoms with Crippen molar-refractivity contribution in [2.24, 2.45) is 0 Å². The van der Waals surface area contributed by atoms with Gasteiger partial charge in [-0.05, 0) is 24.6 Å². The van der Waals surface area contributed by atoms with Crippen molar-refractivity contribution in [3.05, 3.63) is 40.9 Å². The molecule has 0 fully saturated rings. The molecule has 0 aliphatic carbocycles. The average molecular weight is 279 g/mol. The Kier molecular flexibility index (Phi) is 4.06. The first-order chi connectivity index (χ1) is 9.08. The van der Waals surface area contributed by atoms with Crippen LogP contribution in [0.15, 0.2) is 30.3 Å². The highest BCUT2D eigenvalue weighted by Gasteiger charge is 2.08. The van der Waals surface area contributed by atoms with Crippen molar-refractivity contribution in [3.8, 4) is 5.88 Å². The lowest BCUT2D eigenvalue weighted by Crippen LogP contribution is -2.09. The molecule has 100 valence electrons. The summed E-state index contributed by atoms with van der Waals surface area (Å²) in [5.74, 6) is 1.22. The lowest BCUT2D eigenvalue weighted by molar-refractivity contribution is 0.398. The van der Waals surface area contributed by atoms with Crippen molar-refractivity contribution in [1.82, 2.24) is 9.97 Å². The molecule has 1 heterocycles. The van der Waals surface area contributed by atoms with E-state index in [4.69, 9.17) is 22.1 Å². The zero-order chi connectivity index (χ0) is 13.8. The number of nitrogen functional groups attached to an aromatic ring is 1.